The molecule has 1 aromatic carbocycles. The van der Waals surface area contributed by atoms with E-state index in [0.717, 1.165) is 12.1 Å². The first-order chi connectivity index (χ1) is 7.04. The summed E-state index contributed by atoms with van der Waals surface area (Å²) in [5.74, 6) is 0.454. The second-order valence-corrected chi connectivity index (χ2v) is 2.46. The van der Waals surface area contributed by atoms with E-state index in [4.69, 9.17) is 4.74 Å². The Morgan fingerprint density at radius 3 is 1.87 bits per heavy atom. The van der Waals surface area contributed by atoms with Crippen LogP contribution in [0.5, 0.6) is 5.75 Å². The van der Waals surface area contributed by atoms with Gasteiger partial charge in [0.15, 0.2) is 0 Å². The second-order valence-electron chi connectivity index (χ2n) is 2.46. The van der Waals surface area contributed by atoms with Crippen LogP contribution in [0.4, 0.5) is 13.2 Å². The van der Waals surface area contributed by atoms with Crippen molar-refractivity contribution >= 4 is 0 Å². The highest BCUT2D eigenvalue weighted by molar-refractivity contribution is 5.28. The van der Waals surface area contributed by atoms with Crippen LogP contribution < -0.4 is 4.74 Å². The Kier molecular flexibility index (Phi) is 5.82. The fourth-order valence-electron chi connectivity index (χ4n) is 0.907. The van der Waals surface area contributed by atoms with Crippen LogP contribution in [0.2, 0.25) is 0 Å². The van der Waals surface area contributed by atoms with Crippen molar-refractivity contribution in [2.45, 2.75) is 26.9 Å². The molecule has 0 fully saturated rings. The van der Waals surface area contributed by atoms with Gasteiger partial charge in [0.1, 0.15) is 5.75 Å². The van der Waals surface area contributed by atoms with E-state index < -0.39 is 11.7 Å². The zero-order chi connectivity index (χ0) is 11.9. The van der Waals surface area contributed by atoms with Crippen LogP contribution in [0.3, 0.4) is 0 Å². The van der Waals surface area contributed by atoms with Gasteiger partial charge in [-0.05, 0) is 31.2 Å². The molecule has 0 radical (unpaired) electrons. The molecule has 1 aromatic rings. The first-order valence-corrected chi connectivity index (χ1v) is 4.84. The molecule has 0 aromatic heterocycles. The molecular formula is C11H15F3O. The van der Waals surface area contributed by atoms with Crippen LogP contribution in [0.1, 0.15) is 26.3 Å². The van der Waals surface area contributed by atoms with Crippen molar-refractivity contribution in [3.63, 3.8) is 0 Å². The van der Waals surface area contributed by atoms with Crippen molar-refractivity contribution < 1.29 is 17.9 Å². The lowest BCUT2D eigenvalue weighted by Gasteiger charge is -2.07. The Bertz CT molecular complexity index is 264. The van der Waals surface area contributed by atoms with Crippen molar-refractivity contribution in [3.8, 4) is 5.75 Å². The normalized spacial score (nSPS) is 10.3. The van der Waals surface area contributed by atoms with Crippen LogP contribution in [0, 0.1) is 0 Å². The van der Waals surface area contributed by atoms with E-state index in [-0.39, 0.29) is 0 Å². The lowest BCUT2D eigenvalue weighted by molar-refractivity contribution is -0.137. The minimum Gasteiger partial charge on any atom is -0.494 e. The summed E-state index contributed by atoms with van der Waals surface area (Å²) in [4.78, 5) is 0. The maximum absolute atomic E-state index is 12.1. The highest BCUT2D eigenvalue weighted by Crippen LogP contribution is 2.30. The van der Waals surface area contributed by atoms with E-state index in [1.54, 1.807) is 6.92 Å². The van der Waals surface area contributed by atoms with Crippen molar-refractivity contribution in [2.24, 2.45) is 0 Å². The van der Waals surface area contributed by atoms with Gasteiger partial charge >= 0.3 is 6.18 Å². The van der Waals surface area contributed by atoms with Gasteiger partial charge in [-0.3, -0.25) is 0 Å². The summed E-state index contributed by atoms with van der Waals surface area (Å²) in [6.45, 7) is 6.23. The van der Waals surface area contributed by atoms with Crippen molar-refractivity contribution in [2.75, 3.05) is 6.61 Å². The molecule has 0 saturated heterocycles. The summed E-state index contributed by atoms with van der Waals surface area (Å²) in [6, 6.07) is 4.63. The van der Waals surface area contributed by atoms with E-state index >= 15 is 0 Å². The monoisotopic (exact) mass is 220 g/mol. The van der Waals surface area contributed by atoms with Gasteiger partial charge in [0, 0.05) is 0 Å². The van der Waals surface area contributed by atoms with E-state index in [1.807, 2.05) is 13.8 Å². The largest absolute Gasteiger partial charge is 0.494 e. The van der Waals surface area contributed by atoms with Gasteiger partial charge in [-0.15, -0.1) is 0 Å². The molecule has 86 valence electrons. The third kappa shape index (κ3) is 4.72. The number of halogens is 3. The van der Waals surface area contributed by atoms with Crippen LogP contribution in [0.15, 0.2) is 24.3 Å². The Morgan fingerprint density at radius 1 is 1.07 bits per heavy atom. The van der Waals surface area contributed by atoms with Gasteiger partial charge in [-0.1, -0.05) is 13.8 Å². The first kappa shape index (κ1) is 13.8. The van der Waals surface area contributed by atoms with Crippen LogP contribution in [-0.4, -0.2) is 6.61 Å². The van der Waals surface area contributed by atoms with Gasteiger partial charge in [-0.2, -0.15) is 13.2 Å². The quantitative estimate of drug-likeness (QED) is 0.728. The predicted octanol–water partition coefficient (Wildman–Crippen LogP) is 4.13. The summed E-state index contributed by atoms with van der Waals surface area (Å²) in [5.41, 5.74) is -0.657. The Morgan fingerprint density at radius 2 is 1.53 bits per heavy atom. The molecule has 0 aliphatic heterocycles. The average Bonchev–Trinajstić information content (AvgIpc) is 2.21. The third-order valence-corrected chi connectivity index (χ3v) is 1.49. The smallest absolute Gasteiger partial charge is 0.416 e. The van der Waals surface area contributed by atoms with Crippen LogP contribution >= 0.6 is 0 Å². The summed E-state index contributed by atoms with van der Waals surface area (Å²) >= 11 is 0. The minimum absolute atomic E-state index is 0.450. The molecule has 1 nitrogen and oxygen atoms in total. The maximum atomic E-state index is 12.1. The number of rotatable bonds is 2. The Hall–Kier alpha value is -1.19. The zero-order valence-corrected chi connectivity index (χ0v) is 9.06. The van der Waals surface area contributed by atoms with E-state index in [2.05, 4.69) is 0 Å². The number of alkyl halides is 3. The summed E-state index contributed by atoms with van der Waals surface area (Å²) < 4.78 is 41.2. The van der Waals surface area contributed by atoms with Gasteiger partial charge in [0.05, 0.1) is 12.2 Å². The van der Waals surface area contributed by atoms with Gasteiger partial charge < -0.3 is 4.74 Å². The zero-order valence-electron chi connectivity index (χ0n) is 9.06. The molecule has 0 aliphatic carbocycles. The molecular weight excluding hydrogens is 205 g/mol. The molecule has 0 aliphatic rings. The molecule has 0 N–H and O–H groups in total. The van der Waals surface area contributed by atoms with Gasteiger partial charge in [-0.25, -0.2) is 0 Å². The van der Waals surface area contributed by atoms with E-state index in [1.165, 1.54) is 12.1 Å². The number of hydrogen-bond acceptors (Lipinski definition) is 1. The molecule has 1 rings (SSSR count). The van der Waals surface area contributed by atoms with Gasteiger partial charge in [0.2, 0.25) is 0 Å². The highest BCUT2D eigenvalue weighted by atomic mass is 19.4. The summed E-state index contributed by atoms with van der Waals surface area (Å²) in [5, 5.41) is 0. The summed E-state index contributed by atoms with van der Waals surface area (Å²) in [7, 11) is 0. The summed E-state index contributed by atoms with van der Waals surface area (Å²) in [6.07, 6.45) is -4.27. The highest BCUT2D eigenvalue weighted by Gasteiger charge is 2.29. The van der Waals surface area contributed by atoms with Crippen molar-refractivity contribution in [3.05, 3.63) is 29.8 Å². The predicted molar refractivity (Wildman–Crippen MR) is 54.0 cm³/mol. The molecule has 0 atom stereocenters. The molecule has 15 heavy (non-hydrogen) atoms. The molecule has 0 amide bonds. The van der Waals surface area contributed by atoms with E-state index in [0.29, 0.717) is 12.4 Å². The fourth-order valence-corrected chi connectivity index (χ4v) is 0.907. The Labute approximate surface area is 87.9 Å². The van der Waals surface area contributed by atoms with Crippen LogP contribution in [-0.2, 0) is 6.18 Å². The molecule has 0 saturated carbocycles. The van der Waals surface area contributed by atoms with Crippen molar-refractivity contribution in [1.82, 2.24) is 0 Å². The first-order valence-electron chi connectivity index (χ1n) is 4.84. The number of ether oxygens (including phenoxy) is 1. The molecule has 4 heteroatoms. The molecule has 0 unspecified atom stereocenters. The molecule has 0 heterocycles. The van der Waals surface area contributed by atoms with Crippen molar-refractivity contribution in [1.29, 1.82) is 0 Å². The average molecular weight is 220 g/mol. The Balaban J connectivity index is 0.000000921. The number of hydrogen-bond donors (Lipinski definition) is 0. The fraction of sp³-hybridized carbons (Fsp3) is 0.455. The maximum Gasteiger partial charge on any atom is 0.416 e. The second kappa shape index (κ2) is 6.32. The molecule has 0 bridgehead atoms. The topological polar surface area (TPSA) is 9.23 Å². The minimum atomic E-state index is -4.27. The SMILES string of the molecule is CC.CCOc1ccc(C(F)(F)F)cc1. The van der Waals surface area contributed by atoms with E-state index in [9.17, 15) is 13.2 Å². The lowest BCUT2D eigenvalue weighted by Crippen LogP contribution is -2.04. The lowest BCUT2D eigenvalue weighted by atomic mass is 10.2. The molecule has 0 spiro atoms. The van der Waals surface area contributed by atoms with Gasteiger partial charge in [0.25, 0.3) is 0 Å². The number of benzene rings is 1. The third-order valence-electron chi connectivity index (χ3n) is 1.49. The standard InChI is InChI=1S/C9H9F3O.C2H6/c1-2-13-8-5-3-7(4-6-8)9(10,11)12;1-2/h3-6H,2H2,1H3;1-2H3. The van der Waals surface area contributed by atoms with Crippen LogP contribution in [0.25, 0.3) is 0 Å².